The van der Waals surface area contributed by atoms with Crippen molar-refractivity contribution in [1.82, 2.24) is 0 Å². The molecule has 0 nitrogen and oxygen atoms in total. The van der Waals surface area contributed by atoms with Crippen molar-refractivity contribution in [3.8, 4) is 11.1 Å². The number of benzene rings is 3. The molecule has 0 N–H and O–H groups in total. The summed E-state index contributed by atoms with van der Waals surface area (Å²) in [6, 6.07) is 27.6. The summed E-state index contributed by atoms with van der Waals surface area (Å²) in [6.07, 6.45) is 5.96. The van der Waals surface area contributed by atoms with Gasteiger partial charge in [-0.3, -0.25) is 0 Å². The zero-order valence-corrected chi connectivity index (χ0v) is 26.9. The summed E-state index contributed by atoms with van der Waals surface area (Å²) in [5.74, 6) is 0.526. The van der Waals surface area contributed by atoms with E-state index in [4.69, 9.17) is 0 Å². The van der Waals surface area contributed by atoms with Crippen LogP contribution in [0.2, 0.25) is 0 Å². The molecular formula is C34H38Cl2Zr. The van der Waals surface area contributed by atoms with Crippen LogP contribution in [0, 0.1) is 11.3 Å². The fourth-order valence-corrected chi connectivity index (χ4v) is 15.4. The second-order valence-corrected chi connectivity index (χ2v) is 17.1. The minimum atomic E-state index is -2.48. The summed E-state index contributed by atoms with van der Waals surface area (Å²) >= 11 is -2.48. The Bertz CT molecular complexity index is 1370. The number of halogens is 2. The van der Waals surface area contributed by atoms with Crippen molar-refractivity contribution in [2.75, 3.05) is 0 Å². The van der Waals surface area contributed by atoms with Gasteiger partial charge in [0.15, 0.2) is 0 Å². The average Bonchev–Trinajstić information content (AvgIpc) is 3.40. The second kappa shape index (κ2) is 12.1. The molecule has 0 radical (unpaired) electrons. The van der Waals surface area contributed by atoms with Crippen molar-refractivity contribution in [1.29, 1.82) is 0 Å². The van der Waals surface area contributed by atoms with Crippen molar-refractivity contribution in [2.24, 2.45) is 11.3 Å². The minimum Gasteiger partial charge on any atom is -1.00 e. The molecule has 2 aliphatic carbocycles. The molecule has 0 aliphatic heterocycles. The van der Waals surface area contributed by atoms with Gasteiger partial charge < -0.3 is 24.8 Å². The Labute approximate surface area is 244 Å². The maximum atomic E-state index is 2.62. The molecule has 3 aromatic rings. The van der Waals surface area contributed by atoms with Crippen LogP contribution >= 0.6 is 0 Å². The molecular weight excluding hydrogens is 571 g/mol. The van der Waals surface area contributed by atoms with Crippen molar-refractivity contribution >= 4 is 6.48 Å². The summed E-state index contributed by atoms with van der Waals surface area (Å²) in [6.45, 7) is 14.4. The molecule has 0 bridgehead atoms. The molecule has 3 heteroatoms. The third kappa shape index (κ3) is 5.48. The second-order valence-electron chi connectivity index (χ2n) is 11.1. The maximum Gasteiger partial charge on any atom is -1.00 e. The van der Waals surface area contributed by atoms with Gasteiger partial charge in [-0.05, 0) is 0 Å². The topological polar surface area (TPSA) is 0 Å². The molecule has 0 spiro atoms. The zero-order chi connectivity index (χ0) is 24.7. The first-order valence-electron chi connectivity index (χ1n) is 13.3. The van der Waals surface area contributed by atoms with Crippen LogP contribution in [0.4, 0.5) is 0 Å². The van der Waals surface area contributed by atoms with E-state index in [1.54, 1.807) is 23.2 Å². The molecule has 5 rings (SSSR count). The number of hydrogen-bond acceptors (Lipinski definition) is 0. The van der Waals surface area contributed by atoms with Crippen LogP contribution in [0.1, 0.15) is 71.1 Å². The number of hydrogen-bond donors (Lipinski definition) is 0. The van der Waals surface area contributed by atoms with E-state index >= 15 is 0 Å². The molecule has 0 saturated carbocycles. The van der Waals surface area contributed by atoms with E-state index in [2.05, 4.69) is 120 Å². The van der Waals surface area contributed by atoms with Gasteiger partial charge in [-0.2, -0.15) is 0 Å². The Hall–Kier alpha value is -1.53. The molecule has 1 unspecified atom stereocenters. The quantitative estimate of drug-likeness (QED) is 0.327. The summed E-state index contributed by atoms with van der Waals surface area (Å²) < 4.78 is 5.27. The molecule has 0 aromatic heterocycles. The summed E-state index contributed by atoms with van der Waals surface area (Å²) in [4.78, 5) is 0. The van der Waals surface area contributed by atoms with Crippen molar-refractivity contribution in [3.05, 3.63) is 110 Å². The van der Waals surface area contributed by atoms with Gasteiger partial charge in [0, 0.05) is 0 Å². The molecule has 3 aromatic carbocycles. The molecule has 0 saturated heterocycles. The van der Waals surface area contributed by atoms with E-state index < -0.39 is 21.3 Å². The Morgan fingerprint density at radius 1 is 0.838 bits per heavy atom. The van der Waals surface area contributed by atoms with Crippen LogP contribution in [0.15, 0.2) is 93.3 Å². The van der Waals surface area contributed by atoms with Crippen molar-refractivity contribution in [2.45, 2.75) is 60.8 Å². The van der Waals surface area contributed by atoms with Crippen molar-refractivity contribution < 1.29 is 46.1 Å². The van der Waals surface area contributed by atoms with E-state index in [1.807, 2.05) is 3.28 Å². The van der Waals surface area contributed by atoms with Gasteiger partial charge in [0.1, 0.15) is 0 Å². The third-order valence-electron chi connectivity index (χ3n) is 7.85. The van der Waals surface area contributed by atoms with Crippen LogP contribution in [-0.2, 0) is 27.7 Å². The molecule has 2 aliphatic rings. The van der Waals surface area contributed by atoms with E-state index in [0.29, 0.717) is 5.92 Å². The number of rotatable bonds is 5. The summed E-state index contributed by atoms with van der Waals surface area (Å²) in [7, 11) is 0. The normalized spacial score (nSPS) is 16.3. The van der Waals surface area contributed by atoms with E-state index in [0.717, 1.165) is 19.3 Å². The Morgan fingerprint density at radius 3 is 2.14 bits per heavy atom. The van der Waals surface area contributed by atoms with Gasteiger partial charge in [0.05, 0.1) is 0 Å². The molecule has 1 atom stereocenters. The third-order valence-corrected chi connectivity index (χ3v) is 16.6. The van der Waals surface area contributed by atoms with Gasteiger partial charge >= 0.3 is 221 Å². The predicted octanol–water partition coefficient (Wildman–Crippen LogP) is 2.43. The molecule has 192 valence electrons. The van der Waals surface area contributed by atoms with E-state index in [1.165, 1.54) is 22.3 Å². The van der Waals surface area contributed by atoms with Gasteiger partial charge in [0.25, 0.3) is 0 Å². The zero-order valence-electron chi connectivity index (χ0n) is 23.0. The van der Waals surface area contributed by atoms with Gasteiger partial charge in [-0.1, -0.05) is 0 Å². The molecule has 0 heterocycles. The Kier molecular flexibility index (Phi) is 9.83. The Balaban J connectivity index is 0.00000190. The molecule has 0 fully saturated rings. The van der Waals surface area contributed by atoms with Gasteiger partial charge in [-0.25, -0.2) is 0 Å². The average molecular weight is 609 g/mol. The minimum absolute atomic E-state index is 0. The molecule has 37 heavy (non-hydrogen) atoms. The first-order valence-corrected chi connectivity index (χ1v) is 17.0. The van der Waals surface area contributed by atoms with Crippen LogP contribution in [0.3, 0.4) is 0 Å². The fourth-order valence-electron chi connectivity index (χ4n) is 6.34. The van der Waals surface area contributed by atoms with Crippen LogP contribution < -0.4 is 28.1 Å². The first-order chi connectivity index (χ1) is 16.8. The van der Waals surface area contributed by atoms with Gasteiger partial charge in [0.2, 0.25) is 0 Å². The SMILES string of the molecule is CCC1=[C](/[Zr+2](=[C](\CC)c2ccccc2)[c]2cccc3c2Cc2ccccc2-3)C(C)C=C1C(C)(C)C.[Cl-].[Cl-]. The summed E-state index contributed by atoms with van der Waals surface area (Å²) in [5, 5.41) is 0. The number of allylic oxidation sites excluding steroid dienone is 4. The van der Waals surface area contributed by atoms with E-state index in [-0.39, 0.29) is 30.2 Å². The summed E-state index contributed by atoms with van der Waals surface area (Å²) in [5.41, 5.74) is 11.0. The monoisotopic (exact) mass is 606 g/mol. The fraction of sp³-hybridized carbons (Fsp3) is 0.324. The van der Waals surface area contributed by atoms with Crippen LogP contribution in [-0.4, -0.2) is 3.21 Å². The van der Waals surface area contributed by atoms with E-state index in [9.17, 15) is 0 Å². The maximum absolute atomic E-state index is 2.62. The van der Waals surface area contributed by atoms with Crippen LogP contribution in [0.5, 0.6) is 0 Å². The first kappa shape index (κ1) is 30.0. The smallest absolute Gasteiger partial charge is 1.00 e. The number of fused-ring (bicyclic) bond motifs is 3. The Morgan fingerprint density at radius 2 is 1.49 bits per heavy atom. The largest absolute Gasteiger partial charge is 1.00 e. The van der Waals surface area contributed by atoms with Crippen LogP contribution in [0.25, 0.3) is 11.1 Å². The standard InChI is InChI=1S/C13H9.C12H19.C9H10.2ClH.Zr/c1-3-7-12-10(5-1)9-11-6-2-4-8-13(11)12;1-6-10-7-9(2)8-11(10)12(3,4)5;1-2-6-9-7-4-3-5-8-9;;;/h1-5,7-8H,9H2;8-9H,6H2,1-5H3;3-5,7-8H,2H2,1H3;2*1H;/q;;;;;+2/p-2. The molecule has 0 amide bonds. The predicted molar refractivity (Wildman–Crippen MR) is 149 cm³/mol. The van der Waals surface area contributed by atoms with Gasteiger partial charge in [-0.15, -0.1) is 0 Å². The van der Waals surface area contributed by atoms with Crippen molar-refractivity contribution in [3.63, 3.8) is 0 Å².